The van der Waals surface area contributed by atoms with Gasteiger partial charge in [-0.25, -0.2) is 17.8 Å². The third kappa shape index (κ3) is 2.92. The van der Waals surface area contributed by atoms with E-state index in [2.05, 4.69) is 4.98 Å². The fourth-order valence-electron chi connectivity index (χ4n) is 2.36. The Morgan fingerprint density at radius 2 is 1.71 bits per heavy atom. The molecule has 3 rings (SSSR count). The highest BCUT2D eigenvalue weighted by atomic mass is 32.2. The SMILES string of the molecule is CS(=O)(=O)c1ccc(-c2cnc(C#N)n2-c2ccc(F)cc2)cc1. The smallest absolute Gasteiger partial charge is 0.217 e. The van der Waals surface area contributed by atoms with Crippen molar-refractivity contribution < 1.29 is 12.8 Å². The number of rotatable bonds is 3. The van der Waals surface area contributed by atoms with Crippen LogP contribution < -0.4 is 0 Å². The molecule has 3 aromatic rings. The van der Waals surface area contributed by atoms with Gasteiger partial charge in [-0.3, -0.25) is 4.57 Å². The van der Waals surface area contributed by atoms with Gasteiger partial charge in [0.25, 0.3) is 0 Å². The van der Waals surface area contributed by atoms with E-state index in [-0.39, 0.29) is 16.5 Å². The molecule has 7 heteroatoms. The van der Waals surface area contributed by atoms with Gasteiger partial charge < -0.3 is 0 Å². The molecule has 0 radical (unpaired) electrons. The molecule has 0 bridgehead atoms. The Bertz CT molecular complexity index is 1030. The van der Waals surface area contributed by atoms with Crippen molar-refractivity contribution in [3.8, 4) is 23.0 Å². The van der Waals surface area contributed by atoms with Crippen LogP contribution in [-0.2, 0) is 9.84 Å². The topological polar surface area (TPSA) is 75.8 Å². The van der Waals surface area contributed by atoms with Crippen molar-refractivity contribution >= 4 is 9.84 Å². The van der Waals surface area contributed by atoms with Crippen molar-refractivity contribution in [1.29, 1.82) is 5.26 Å². The van der Waals surface area contributed by atoms with Gasteiger partial charge in [0, 0.05) is 17.5 Å². The molecule has 0 aliphatic carbocycles. The van der Waals surface area contributed by atoms with Crippen LogP contribution in [0.3, 0.4) is 0 Å². The third-order valence-electron chi connectivity index (χ3n) is 3.52. The summed E-state index contributed by atoms with van der Waals surface area (Å²) in [4.78, 5) is 4.28. The summed E-state index contributed by atoms with van der Waals surface area (Å²) in [6.45, 7) is 0. The minimum atomic E-state index is -3.28. The van der Waals surface area contributed by atoms with Crippen molar-refractivity contribution in [2.75, 3.05) is 6.26 Å². The highest BCUT2D eigenvalue weighted by Gasteiger charge is 2.14. The molecule has 0 N–H and O–H groups in total. The Morgan fingerprint density at radius 3 is 2.25 bits per heavy atom. The summed E-state index contributed by atoms with van der Waals surface area (Å²) in [5.41, 5.74) is 1.89. The van der Waals surface area contributed by atoms with E-state index in [0.717, 1.165) is 6.26 Å². The fraction of sp³-hybridized carbons (Fsp3) is 0.0588. The zero-order valence-electron chi connectivity index (χ0n) is 12.6. The Balaban J connectivity index is 2.14. The molecule has 2 aromatic carbocycles. The maximum Gasteiger partial charge on any atom is 0.217 e. The van der Waals surface area contributed by atoms with Crippen molar-refractivity contribution in [3.63, 3.8) is 0 Å². The first-order chi connectivity index (χ1) is 11.4. The Hall–Kier alpha value is -2.98. The van der Waals surface area contributed by atoms with Gasteiger partial charge in [-0.05, 0) is 36.4 Å². The maximum atomic E-state index is 13.1. The van der Waals surface area contributed by atoms with Gasteiger partial charge in [-0.2, -0.15) is 5.26 Å². The molecule has 0 atom stereocenters. The van der Waals surface area contributed by atoms with Crippen LogP contribution in [0.15, 0.2) is 59.6 Å². The second-order valence-electron chi connectivity index (χ2n) is 5.19. The van der Waals surface area contributed by atoms with Gasteiger partial charge in [0.15, 0.2) is 9.84 Å². The molecular formula is C17H12FN3O2S. The van der Waals surface area contributed by atoms with Gasteiger partial charge in [-0.1, -0.05) is 12.1 Å². The molecule has 0 spiro atoms. The summed E-state index contributed by atoms with van der Waals surface area (Å²) < 4.78 is 37.8. The predicted molar refractivity (Wildman–Crippen MR) is 86.8 cm³/mol. The second-order valence-corrected chi connectivity index (χ2v) is 7.20. The molecule has 1 aromatic heterocycles. The number of benzene rings is 2. The number of hydrogen-bond donors (Lipinski definition) is 0. The third-order valence-corrected chi connectivity index (χ3v) is 4.65. The molecular weight excluding hydrogens is 329 g/mol. The molecule has 1 heterocycles. The molecule has 120 valence electrons. The highest BCUT2D eigenvalue weighted by molar-refractivity contribution is 7.90. The molecule has 0 unspecified atom stereocenters. The largest absolute Gasteiger partial charge is 0.284 e. The van der Waals surface area contributed by atoms with Gasteiger partial charge in [0.05, 0.1) is 16.8 Å². The first-order valence-electron chi connectivity index (χ1n) is 6.94. The zero-order chi connectivity index (χ0) is 17.3. The van der Waals surface area contributed by atoms with Crippen LogP contribution in [0, 0.1) is 17.1 Å². The monoisotopic (exact) mass is 341 g/mol. The van der Waals surface area contributed by atoms with Crippen molar-refractivity contribution in [1.82, 2.24) is 9.55 Å². The van der Waals surface area contributed by atoms with Crippen LogP contribution in [-0.4, -0.2) is 24.2 Å². The number of nitrogens with zero attached hydrogens (tertiary/aromatic N) is 3. The second kappa shape index (κ2) is 5.91. The minimum Gasteiger partial charge on any atom is -0.284 e. The minimum absolute atomic E-state index is 0.156. The Morgan fingerprint density at radius 1 is 1.08 bits per heavy atom. The van der Waals surface area contributed by atoms with E-state index in [0.29, 0.717) is 16.9 Å². The van der Waals surface area contributed by atoms with Gasteiger partial charge >= 0.3 is 0 Å². The molecule has 0 aliphatic rings. The quantitative estimate of drug-likeness (QED) is 0.734. The highest BCUT2D eigenvalue weighted by Crippen LogP contribution is 2.26. The number of aromatic nitrogens is 2. The fourth-order valence-corrected chi connectivity index (χ4v) is 2.99. The summed E-state index contributed by atoms with van der Waals surface area (Å²) in [6, 6.07) is 14.0. The van der Waals surface area contributed by atoms with E-state index in [1.165, 1.54) is 30.5 Å². The van der Waals surface area contributed by atoms with E-state index in [4.69, 9.17) is 0 Å². The average molecular weight is 341 g/mol. The van der Waals surface area contributed by atoms with Crippen LogP contribution in [0.5, 0.6) is 0 Å². The van der Waals surface area contributed by atoms with Gasteiger partial charge in [0.2, 0.25) is 5.82 Å². The first kappa shape index (κ1) is 15.9. The molecule has 5 nitrogen and oxygen atoms in total. The lowest BCUT2D eigenvalue weighted by Crippen LogP contribution is -2.01. The maximum absolute atomic E-state index is 13.1. The van der Waals surface area contributed by atoms with Crippen molar-refractivity contribution in [3.05, 3.63) is 66.4 Å². The molecule has 0 fully saturated rings. The molecule has 0 saturated carbocycles. The van der Waals surface area contributed by atoms with Crippen LogP contribution in [0.4, 0.5) is 4.39 Å². The van der Waals surface area contributed by atoms with Gasteiger partial charge in [0.1, 0.15) is 11.9 Å². The van der Waals surface area contributed by atoms with Crippen LogP contribution >= 0.6 is 0 Å². The van der Waals surface area contributed by atoms with E-state index in [9.17, 15) is 18.1 Å². The average Bonchev–Trinajstić information content (AvgIpc) is 2.99. The van der Waals surface area contributed by atoms with Crippen LogP contribution in [0.1, 0.15) is 5.82 Å². The Labute approximate surface area is 138 Å². The van der Waals surface area contributed by atoms with Gasteiger partial charge in [-0.15, -0.1) is 0 Å². The molecule has 0 amide bonds. The number of nitriles is 1. The summed E-state index contributed by atoms with van der Waals surface area (Å²) in [7, 11) is -3.28. The van der Waals surface area contributed by atoms with E-state index in [1.54, 1.807) is 28.8 Å². The summed E-state index contributed by atoms with van der Waals surface area (Å²) >= 11 is 0. The lowest BCUT2D eigenvalue weighted by molar-refractivity contribution is 0.602. The lowest BCUT2D eigenvalue weighted by Gasteiger charge is -2.10. The summed E-state index contributed by atoms with van der Waals surface area (Å²) in [5.74, 6) is -0.222. The summed E-state index contributed by atoms with van der Waals surface area (Å²) in [5, 5.41) is 9.26. The lowest BCUT2D eigenvalue weighted by atomic mass is 10.1. The Kier molecular flexibility index (Phi) is 3.91. The number of hydrogen-bond acceptors (Lipinski definition) is 4. The standard InChI is InChI=1S/C17H12FN3O2S/c1-24(22,23)15-8-2-12(3-9-15)16-11-20-17(10-19)21(16)14-6-4-13(18)5-7-14/h2-9,11H,1H3. The number of sulfone groups is 1. The predicted octanol–water partition coefficient (Wildman–Crippen LogP) is 2.95. The van der Waals surface area contributed by atoms with Crippen LogP contribution in [0.2, 0.25) is 0 Å². The van der Waals surface area contributed by atoms with E-state index >= 15 is 0 Å². The molecule has 24 heavy (non-hydrogen) atoms. The number of halogens is 1. The van der Waals surface area contributed by atoms with E-state index < -0.39 is 9.84 Å². The van der Waals surface area contributed by atoms with Crippen LogP contribution in [0.25, 0.3) is 16.9 Å². The normalized spacial score (nSPS) is 11.2. The zero-order valence-corrected chi connectivity index (χ0v) is 13.5. The first-order valence-corrected chi connectivity index (χ1v) is 8.83. The molecule has 0 saturated heterocycles. The summed E-state index contributed by atoms with van der Waals surface area (Å²) in [6.07, 6.45) is 2.66. The van der Waals surface area contributed by atoms with Crippen molar-refractivity contribution in [2.45, 2.75) is 4.90 Å². The van der Waals surface area contributed by atoms with E-state index in [1.807, 2.05) is 6.07 Å². The molecule has 0 aliphatic heterocycles. The van der Waals surface area contributed by atoms with Crippen molar-refractivity contribution in [2.24, 2.45) is 0 Å². The number of imidazole rings is 1.